The number of carbonyl (C=O) groups excluding carboxylic acids is 1. The fourth-order valence-corrected chi connectivity index (χ4v) is 2.38. The summed E-state index contributed by atoms with van der Waals surface area (Å²) in [5, 5.41) is 11.9. The monoisotopic (exact) mass is 334 g/mol. The summed E-state index contributed by atoms with van der Waals surface area (Å²) in [4.78, 5) is 27.2. The second-order valence-corrected chi connectivity index (χ2v) is 5.37. The Bertz CT molecular complexity index is 981. The molecule has 1 heterocycles. The van der Waals surface area contributed by atoms with Crippen LogP contribution < -0.4 is 4.74 Å². The highest BCUT2D eigenvalue weighted by atomic mass is 16.6. The first-order valence-electron chi connectivity index (χ1n) is 7.54. The molecule has 0 atom stereocenters. The highest BCUT2D eigenvalue weighted by Gasteiger charge is 2.22. The van der Waals surface area contributed by atoms with E-state index in [2.05, 4.69) is 4.98 Å². The minimum atomic E-state index is -0.662. The van der Waals surface area contributed by atoms with Crippen molar-refractivity contribution >= 4 is 28.6 Å². The minimum absolute atomic E-state index is 0.145. The van der Waals surface area contributed by atoms with Crippen molar-refractivity contribution in [2.45, 2.75) is 6.92 Å². The Balaban J connectivity index is 1.99. The molecule has 0 spiro atoms. The van der Waals surface area contributed by atoms with Gasteiger partial charge in [0.25, 0.3) is 0 Å². The first-order chi connectivity index (χ1) is 12.1. The molecule has 0 aliphatic carbocycles. The largest absolute Gasteiger partial charge is 0.413 e. The molecule has 6 heteroatoms. The van der Waals surface area contributed by atoms with Crippen molar-refractivity contribution in [3.63, 3.8) is 0 Å². The Morgan fingerprint density at radius 1 is 1.12 bits per heavy atom. The molecule has 3 aromatic rings. The van der Waals surface area contributed by atoms with Gasteiger partial charge in [0.1, 0.15) is 5.52 Å². The molecular formula is C19H14N2O4. The van der Waals surface area contributed by atoms with Gasteiger partial charge in [-0.1, -0.05) is 36.4 Å². The summed E-state index contributed by atoms with van der Waals surface area (Å²) in [6, 6.07) is 15.6. The van der Waals surface area contributed by atoms with E-state index < -0.39 is 10.9 Å². The first kappa shape index (κ1) is 16.3. The van der Waals surface area contributed by atoms with Crippen LogP contribution in [0.25, 0.3) is 17.0 Å². The molecule has 0 aliphatic heterocycles. The number of esters is 1. The quantitative estimate of drug-likeness (QED) is 0.235. The van der Waals surface area contributed by atoms with Crippen LogP contribution in [0.5, 0.6) is 5.75 Å². The summed E-state index contributed by atoms with van der Waals surface area (Å²) in [7, 11) is 0. The standard InChI is InChI=1S/C19H14N2O4/c1-13(12-14-6-3-2-4-7-14)19(22)25-18-16(21(23)24)10-9-15-8-5-11-20-17(15)18/h2-12H,1H3. The number of fused-ring (bicyclic) bond motifs is 1. The molecule has 3 rings (SSSR count). The molecule has 0 unspecified atom stereocenters. The fourth-order valence-electron chi connectivity index (χ4n) is 2.38. The number of hydrogen-bond donors (Lipinski definition) is 0. The zero-order valence-electron chi connectivity index (χ0n) is 13.4. The lowest BCUT2D eigenvalue weighted by atomic mass is 10.1. The number of nitro groups is 1. The molecule has 0 fully saturated rings. The second kappa shape index (κ2) is 6.92. The Morgan fingerprint density at radius 3 is 2.60 bits per heavy atom. The molecule has 2 aromatic carbocycles. The lowest BCUT2D eigenvalue weighted by Gasteiger charge is -2.08. The van der Waals surface area contributed by atoms with Crippen molar-refractivity contribution in [3.05, 3.63) is 82.0 Å². The molecule has 124 valence electrons. The Hall–Kier alpha value is -3.54. The number of pyridine rings is 1. The summed E-state index contributed by atoms with van der Waals surface area (Å²) >= 11 is 0. The van der Waals surface area contributed by atoms with Gasteiger partial charge in [-0.25, -0.2) is 4.79 Å². The highest BCUT2D eigenvalue weighted by molar-refractivity contribution is 5.98. The van der Waals surface area contributed by atoms with Gasteiger partial charge < -0.3 is 4.74 Å². The number of aromatic nitrogens is 1. The molecule has 0 saturated heterocycles. The van der Waals surface area contributed by atoms with Crippen LogP contribution in [0.4, 0.5) is 5.69 Å². The first-order valence-corrected chi connectivity index (χ1v) is 7.54. The zero-order valence-corrected chi connectivity index (χ0v) is 13.4. The van der Waals surface area contributed by atoms with E-state index in [-0.39, 0.29) is 17.0 Å². The number of rotatable bonds is 4. The summed E-state index contributed by atoms with van der Waals surface area (Å²) in [6.45, 7) is 1.60. The molecule has 0 N–H and O–H groups in total. The third-order valence-electron chi connectivity index (χ3n) is 3.60. The molecule has 0 bridgehead atoms. The van der Waals surface area contributed by atoms with Crippen LogP contribution in [0.1, 0.15) is 12.5 Å². The topological polar surface area (TPSA) is 82.3 Å². The van der Waals surface area contributed by atoms with Gasteiger partial charge in [0.15, 0.2) is 0 Å². The van der Waals surface area contributed by atoms with Crippen LogP contribution in [0.15, 0.2) is 66.4 Å². The van der Waals surface area contributed by atoms with Crippen LogP contribution >= 0.6 is 0 Å². The van der Waals surface area contributed by atoms with Crippen LogP contribution in [0, 0.1) is 10.1 Å². The van der Waals surface area contributed by atoms with Gasteiger partial charge in [0.05, 0.1) is 4.92 Å². The third-order valence-corrected chi connectivity index (χ3v) is 3.60. The normalized spacial score (nSPS) is 11.3. The zero-order chi connectivity index (χ0) is 17.8. The van der Waals surface area contributed by atoms with E-state index in [1.165, 1.54) is 12.3 Å². The molecular weight excluding hydrogens is 320 g/mol. The Morgan fingerprint density at radius 2 is 1.88 bits per heavy atom. The molecule has 1 aromatic heterocycles. The summed E-state index contributed by atoms with van der Waals surface area (Å²) in [5.41, 5.74) is 1.14. The number of ether oxygens (including phenoxy) is 1. The summed E-state index contributed by atoms with van der Waals surface area (Å²) in [5.74, 6) is -0.806. The maximum absolute atomic E-state index is 12.4. The van der Waals surface area contributed by atoms with E-state index in [4.69, 9.17) is 4.74 Å². The molecule has 0 radical (unpaired) electrons. The van der Waals surface area contributed by atoms with Gasteiger partial charge in [0.2, 0.25) is 5.75 Å². The van der Waals surface area contributed by atoms with Gasteiger partial charge in [-0.15, -0.1) is 0 Å². The van der Waals surface area contributed by atoms with Crippen molar-refractivity contribution in [2.75, 3.05) is 0 Å². The van der Waals surface area contributed by atoms with E-state index in [1.54, 1.807) is 31.2 Å². The number of nitro benzene ring substituents is 1. The highest BCUT2D eigenvalue weighted by Crippen LogP contribution is 2.34. The average Bonchev–Trinajstić information content (AvgIpc) is 2.62. The van der Waals surface area contributed by atoms with Gasteiger partial charge in [-0.2, -0.15) is 0 Å². The molecule has 0 amide bonds. The average molecular weight is 334 g/mol. The molecule has 25 heavy (non-hydrogen) atoms. The van der Waals surface area contributed by atoms with Crippen molar-refractivity contribution in [1.82, 2.24) is 4.98 Å². The van der Waals surface area contributed by atoms with Crippen molar-refractivity contribution in [1.29, 1.82) is 0 Å². The van der Waals surface area contributed by atoms with E-state index >= 15 is 0 Å². The van der Waals surface area contributed by atoms with Gasteiger partial charge in [0, 0.05) is 23.2 Å². The van der Waals surface area contributed by atoms with Crippen LogP contribution in [-0.2, 0) is 4.79 Å². The lowest BCUT2D eigenvalue weighted by molar-refractivity contribution is -0.385. The molecule has 0 saturated carbocycles. The Labute approximate surface area is 143 Å². The van der Waals surface area contributed by atoms with Crippen molar-refractivity contribution in [3.8, 4) is 5.75 Å². The number of nitrogens with zero attached hydrogens (tertiary/aromatic N) is 2. The summed E-state index contributed by atoms with van der Waals surface area (Å²) in [6.07, 6.45) is 3.16. The van der Waals surface area contributed by atoms with Crippen LogP contribution in [-0.4, -0.2) is 15.9 Å². The third kappa shape index (κ3) is 3.53. The Kier molecular flexibility index (Phi) is 4.52. The smallest absolute Gasteiger partial charge is 0.339 e. The van der Waals surface area contributed by atoms with E-state index in [0.29, 0.717) is 11.0 Å². The van der Waals surface area contributed by atoms with Gasteiger partial charge in [-0.05, 0) is 30.7 Å². The van der Waals surface area contributed by atoms with Gasteiger partial charge in [-0.3, -0.25) is 15.1 Å². The minimum Gasteiger partial charge on any atom is -0.413 e. The molecule has 0 aliphatic rings. The van der Waals surface area contributed by atoms with Gasteiger partial charge >= 0.3 is 11.7 Å². The van der Waals surface area contributed by atoms with E-state index in [0.717, 1.165) is 5.56 Å². The number of carbonyl (C=O) groups is 1. The molecule has 6 nitrogen and oxygen atoms in total. The summed E-state index contributed by atoms with van der Waals surface area (Å²) < 4.78 is 5.34. The van der Waals surface area contributed by atoms with Crippen molar-refractivity contribution in [2.24, 2.45) is 0 Å². The lowest BCUT2D eigenvalue weighted by Crippen LogP contribution is -2.11. The van der Waals surface area contributed by atoms with E-state index in [9.17, 15) is 14.9 Å². The fraction of sp³-hybridized carbons (Fsp3) is 0.0526. The second-order valence-electron chi connectivity index (χ2n) is 5.37. The van der Waals surface area contributed by atoms with E-state index in [1.807, 2.05) is 30.3 Å². The maximum atomic E-state index is 12.4. The predicted octanol–water partition coefficient (Wildman–Crippen LogP) is 4.15. The predicted molar refractivity (Wildman–Crippen MR) is 94.1 cm³/mol. The van der Waals surface area contributed by atoms with Crippen molar-refractivity contribution < 1.29 is 14.5 Å². The number of hydrogen-bond acceptors (Lipinski definition) is 5. The number of benzene rings is 2. The maximum Gasteiger partial charge on any atom is 0.339 e. The SMILES string of the molecule is CC(=Cc1ccccc1)C(=O)Oc1c([N+](=O)[O-])ccc2cccnc12. The van der Waals surface area contributed by atoms with Crippen LogP contribution in [0.3, 0.4) is 0 Å². The van der Waals surface area contributed by atoms with Crippen LogP contribution in [0.2, 0.25) is 0 Å².